The largest absolute Gasteiger partial charge is 0.466 e. The lowest BCUT2D eigenvalue weighted by Gasteiger charge is -2.19. The molecule has 1 N–H and O–H groups in total. The van der Waals surface area contributed by atoms with E-state index >= 15 is 0 Å². The first-order chi connectivity index (χ1) is 14.0. The van der Waals surface area contributed by atoms with Crippen LogP contribution in [-0.2, 0) is 16.1 Å². The second-order valence-electron chi connectivity index (χ2n) is 6.52. The van der Waals surface area contributed by atoms with Crippen LogP contribution in [0.5, 0.6) is 0 Å². The van der Waals surface area contributed by atoms with Crippen LogP contribution in [0.1, 0.15) is 40.9 Å². The molecule has 0 bridgehead atoms. The van der Waals surface area contributed by atoms with Crippen LogP contribution in [0.25, 0.3) is 0 Å². The van der Waals surface area contributed by atoms with Crippen molar-refractivity contribution in [2.45, 2.75) is 25.9 Å². The first-order valence-electron chi connectivity index (χ1n) is 9.31. The Morgan fingerprint density at radius 1 is 1.14 bits per heavy atom. The SMILES string of the molecule is CCOC(=O)CC(NC(=O)c1ccc(Cn2ccnc2)cc1)c1ccc(F)cc1. The topological polar surface area (TPSA) is 73.2 Å². The van der Waals surface area contributed by atoms with Gasteiger partial charge >= 0.3 is 5.97 Å². The van der Waals surface area contributed by atoms with E-state index in [1.807, 2.05) is 22.9 Å². The molecule has 0 radical (unpaired) electrons. The molecular formula is C22H22FN3O3. The van der Waals surface area contributed by atoms with Gasteiger partial charge in [0.15, 0.2) is 0 Å². The molecule has 6 nitrogen and oxygen atoms in total. The van der Waals surface area contributed by atoms with Crippen molar-refractivity contribution in [3.63, 3.8) is 0 Å². The fourth-order valence-electron chi connectivity index (χ4n) is 2.93. The minimum absolute atomic E-state index is 0.0378. The Labute approximate surface area is 168 Å². The lowest BCUT2D eigenvalue weighted by Crippen LogP contribution is -2.30. The summed E-state index contributed by atoms with van der Waals surface area (Å²) in [5.74, 6) is -1.14. The molecule has 0 aliphatic rings. The third-order valence-electron chi connectivity index (χ3n) is 4.39. The molecule has 1 atom stereocenters. The molecule has 29 heavy (non-hydrogen) atoms. The van der Waals surface area contributed by atoms with E-state index in [1.54, 1.807) is 43.7 Å². The lowest BCUT2D eigenvalue weighted by atomic mass is 10.0. The molecule has 0 fully saturated rings. The van der Waals surface area contributed by atoms with Gasteiger partial charge in [0.05, 0.1) is 25.4 Å². The highest BCUT2D eigenvalue weighted by Gasteiger charge is 2.20. The summed E-state index contributed by atoms with van der Waals surface area (Å²) >= 11 is 0. The number of ether oxygens (including phenoxy) is 1. The molecule has 1 heterocycles. The summed E-state index contributed by atoms with van der Waals surface area (Å²) in [6, 6.07) is 12.3. The number of hydrogen-bond acceptors (Lipinski definition) is 4. The van der Waals surface area contributed by atoms with Crippen LogP contribution in [0, 0.1) is 5.82 Å². The molecule has 0 saturated heterocycles. The Kier molecular flexibility index (Phi) is 6.73. The molecule has 0 aliphatic carbocycles. The van der Waals surface area contributed by atoms with Gasteiger partial charge in [-0.3, -0.25) is 9.59 Å². The highest BCUT2D eigenvalue weighted by atomic mass is 19.1. The summed E-state index contributed by atoms with van der Waals surface area (Å²) in [5, 5.41) is 2.85. The van der Waals surface area contributed by atoms with Crippen molar-refractivity contribution >= 4 is 11.9 Å². The minimum atomic E-state index is -0.618. The number of nitrogens with zero attached hydrogens (tertiary/aromatic N) is 2. The highest BCUT2D eigenvalue weighted by molar-refractivity contribution is 5.94. The number of carbonyl (C=O) groups excluding carboxylic acids is 2. The fraction of sp³-hybridized carbons (Fsp3) is 0.227. The van der Waals surface area contributed by atoms with E-state index in [-0.39, 0.29) is 24.8 Å². The predicted octanol–water partition coefficient (Wildman–Crippen LogP) is 3.49. The number of carbonyl (C=O) groups is 2. The standard InChI is InChI=1S/C22H22FN3O3/c1-2-29-21(27)13-20(17-7-9-19(23)10-8-17)25-22(28)18-5-3-16(4-6-18)14-26-12-11-24-15-26/h3-12,15,20H,2,13-14H2,1H3,(H,25,28). The molecule has 1 unspecified atom stereocenters. The van der Waals surface area contributed by atoms with Crippen molar-refractivity contribution in [2.75, 3.05) is 6.61 Å². The number of nitrogens with one attached hydrogen (secondary N) is 1. The summed E-state index contributed by atoms with van der Waals surface area (Å²) in [7, 11) is 0. The molecular weight excluding hydrogens is 373 g/mol. The number of esters is 1. The Hall–Kier alpha value is -3.48. The molecule has 2 aromatic carbocycles. The summed E-state index contributed by atoms with van der Waals surface area (Å²) in [6.45, 7) is 2.62. The normalized spacial score (nSPS) is 11.7. The number of hydrogen-bond donors (Lipinski definition) is 1. The fourth-order valence-corrected chi connectivity index (χ4v) is 2.93. The van der Waals surface area contributed by atoms with Crippen molar-refractivity contribution in [1.82, 2.24) is 14.9 Å². The predicted molar refractivity (Wildman–Crippen MR) is 106 cm³/mol. The Balaban J connectivity index is 1.71. The number of rotatable bonds is 8. The summed E-state index contributed by atoms with van der Waals surface area (Å²) in [5.41, 5.74) is 2.13. The van der Waals surface area contributed by atoms with Crippen LogP contribution in [0.15, 0.2) is 67.3 Å². The van der Waals surface area contributed by atoms with Crippen LogP contribution in [0.4, 0.5) is 4.39 Å². The second-order valence-corrected chi connectivity index (χ2v) is 6.52. The molecule has 3 aromatic rings. The Bertz CT molecular complexity index is 938. The van der Waals surface area contributed by atoms with E-state index in [9.17, 15) is 14.0 Å². The van der Waals surface area contributed by atoms with Crippen LogP contribution >= 0.6 is 0 Å². The van der Waals surface area contributed by atoms with Gasteiger partial charge in [0, 0.05) is 24.5 Å². The molecule has 1 aromatic heterocycles. The van der Waals surface area contributed by atoms with Crippen LogP contribution < -0.4 is 5.32 Å². The zero-order valence-electron chi connectivity index (χ0n) is 16.0. The van der Waals surface area contributed by atoms with Gasteiger partial charge < -0.3 is 14.6 Å². The molecule has 7 heteroatoms. The first-order valence-corrected chi connectivity index (χ1v) is 9.31. The van der Waals surface area contributed by atoms with E-state index in [1.165, 1.54) is 12.1 Å². The average molecular weight is 395 g/mol. The van der Waals surface area contributed by atoms with Gasteiger partial charge in [-0.25, -0.2) is 9.37 Å². The lowest BCUT2D eigenvalue weighted by molar-refractivity contribution is -0.143. The van der Waals surface area contributed by atoms with Gasteiger partial charge in [0.1, 0.15) is 5.82 Å². The van der Waals surface area contributed by atoms with Gasteiger partial charge in [-0.1, -0.05) is 24.3 Å². The third-order valence-corrected chi connectivity index (χ3v) is 4.39. The number of amides is 1. The molecule has 0 spiro atoms. The van der Waals surface area contributed by atoms with Crippen LogP contribution in [0.2, 0.25) is 0 Å². The second kappa shape index (κ2) is 9.64. The van der Waals surface area contributed by atoms with Gasteiger partial charge in [-0.05, 0) is 42.3 Å². The van der Waals surface area contributed by atoms with E-state index in [0.29, 0.717) is 17.7 Å². The van der Waals surface area contributed by atoms with Crippen LogP contribution in [0.3, 0.4) is 0 Å². The van der Waals surface area contributed by atoms with Gasteiger partial charge in [0.2, 0.25) is 0 Å². The first kappa shape index (κ1) is 20.3. The van der Waals surface area contributed by atoms with Crippen molar-refractivity contribution in [2.24, 2.45) is 0 Å². The van der Waals surface area contributed by atoms with Gasteiger partial charge in [-0.2, -0.15) is 0 Å². The van der Waals surface area contributed by atoms with Crippen molar-refractivity contribution in [3.8, 4) is 0 Å². The minimum Gasteiger partial charge on any atom is -0.466 e. The number of imidazole rings is 1. The summed E-state index contributed by atoms with van der Waals surface area (Å²) < 4.78 is 20.2. The highest BCUT2D eigenvalue weighted by Crippen LogP contribution is 2.19. The van der Waals surface area contributed by atoms with E-state index < -0.39 is 12.0 Å². The number of aromatic nitrogens is 2. The molecule has 0 aliphatic heterocycles. The summed E-state index contributed by atoms with van der Waals surface area (Å²) in [4.78, 5) is 28.7. The smallest absolute Gasteiger partial charge is 0.308 e. The molecule has 1 amide bonds. The Morgan fingerprint density at radius 2 is 1.86 bits per heavy atom. The van der Waals surface area contributed by atoms with Gasteiger partial charge in [-0.15, -0.1) is 0 Å². The summed E-state index contributed by atoms with van der Waals surface area (Å²) in [6.07, 6.45) is 5.26. The maximum Gasteiger partial charge on any atom is 0.308 e. The maximum atomic E-state index is 13.2. The average Bonchev–Trinajstić information content (AvgIpc) is 3.22. The van der Waals surface area contributed by atoms with E-state index in [0.717, 1.165) is 5.56 Å². The maximum absolute atomic E-state index is 13.2. The molecule has 0 saturated carbocycles. The number of halogens is 1. The van der Waals surface area contributed by atoms with Crippen molar-refractivity contribution in [1.29, 1.82) is 0 Å². The zero-order chi connectivity index (χ0) is 20.6. The number of benzene rings is 2. The molecule has 3 rings (SSSR count). The molecule has 150 valence electrons. The van der Waals surface area contributed by atoms with Crippen molar-refractivity contribution < 1.29 is 18.7 Å². The third kappa shape index (κ3) is 5.75. The quantitative estimate of drug-likeness (QED) is 0.593. The Morgan fingerprint density at radius 3 is 2.48 bits per heavy atom. The van der Waals surface area contributed by atoms with Crippen molar-refractivity contribution in [3.05, 3.63) is 89.8 Å². The van der Waals surface area contributed by atoms with Gasteiger partial charge in [0.25, 0.3) is 5.91 Å². The van der Waals surface area contributed by atoms with E-state index in [4.69, 9.17) is 4.74 Å². The zero-order valence-corrected chi connectivity index (χ0v) is 16.0. The monoisotopic (exact) mass is 395 g/mol. The van der Waals surface area contributed by atoms with E-state index in [2.05, 4.69) is 10.3 Å². The van der Waals surface area contributed by atoms with Crippen LogP contribution in [-0.4, -0.2) is 28.0 Å².